The number of fused-ring (bicyclic) bond motifs is 14. The van der Waals surface area contributed by atoms with Crippen LogP contribution in [0.2, 0.25) is 0 Å². The van der Waals surface area contributed by atoms with E-state index < -0.39 is 0 Å². The van der Waals surface area contributed by atoms with E-state index in [9.17, 15) is 0 Å². The lowest BCUT2D eigenvalue weighted by molar-refractivity contribution is 0.589. The zero-order valence-corrected chi connectivity index (χ0v) is 47.4. The number of rotatable bonds is 4. The molecule has 12 aromatic rings. The molecule has 15 rings (SSSR count). The average molecular weight is 1030 g/mol. The number of aromatic nitrogens is 1. The number of hydrogen-bond donors (Lipinski definition) is 0. The molecule has 0 saturated heterocycles. The monoisotopic (exact) mass is 1030 g/mol. The van der Waals surface area contributed by atoms with Crippen molar-refractivity contribution in [2.45, 2.75) is 105 Å². The van der Waals surface area contributed by atoms with Crippen LogP contribution in [0.15, 0.2) is 185 Å². The topological polar surface area (TPSA) is 40.9 Å². The van der Waals surface area contributed by atoms with Gasteiger partial charge in [0.05, 0.1) is 45.1 Å². The molecule has 0 aliphatic carbocycles. The Balaban J connectivity index is 1.15. The van der Waals surface area contributed by atoms with Crippen molar-refractivity contribution in [3.8, 4) is 5.69 Å². The van der Waals surface area contributed by atoms with Crippen LogP contribution < -0.4 is 31.3 Å². The minimum atomic E-state index is -0.280. The van der Waals surface area contributed by atoms with Crippen LogP contribution in [0.25, 0.3) is 60.4 Å². The van der Waals surface area contributed by atoms with Crippen LogP contribution in [0.5, 0.6) is 0 Å². The number of nitrogens with zero attached hydrogens (tertiary/aromatic N) is 4. The first kappa shape index (κ1) is 47.8. The second kappa shape index (κ2) is 16.1. The van der Waals surface area contributed by atoms with Gasteiger partial charge in [-0.3, -0.25) is 0 Å². The third-order valence-electron chi connectivity index (χ3n) is 17.4. The molecule has 79 heavy (non-hydrogen) atoms. The molecular weight excluding hydrogens is 964 g/mol. The molecule has 3 aromatic heterocycles. The molecule has 6 heterocycles. The Kier molecular flexibility index (Phi) is 9.74. The van der Waals surface area contributed by atoms with Crippen LogP contribution in [0.1, 0.15) is 105 Å². The van der Waals surface area contributed by atoms with Gasteiger partial charge in [0.15, 0.2) is 0 Å². The highest BCUT2D eigenvalue weighted by atomic mass is 16.3. The summed E-state index contributed by atoms with van der Waals surface area (Å²) in [6, 6.07) is 66.0. The molecule has 0 N–H and O–H groups in total. The maximum Gasteiger partial charge on any atom is 0.297 e. The molecule has 3 aliphatic heterocycles. The van der Waals surface area contributed by atoms with Crippen LogP contribution >= 0.6 is 0 Å². The normalized spacial score (nSPS) is 14.0. The summed E-state index contributed by atoms with van der Waals surface area (Å²) in [6.45, 7) is 27.8. The van der Waals surface area contributed by atoms with Crippen molar-refractivity contribution in [2.24, 2.45) is 0 Å². The van der Waals surface area contributed by atoms with Gasteiger partial charge in [0.2, 0.25) is 0 Å². The Bertz CT molecular complexity index is 4510. The predicted octanol–water partition coefficient (Wildman–Crippen LogP) is 18.5. The molecule has 388 valence electrons. The molecule has 0 fully saturated rings. The molecule has 0 atom stereocenters. The molecule has 9 aromatic carbocycles. The molecule has 7 heteroatoms. The Morgan fingerprint density at radius 2 is 0.937 bits per heavy atom. The smallest absolute Gasteiger partial charge is 0.297 e. The molecular formula is C72H65BN4O2. The van der Waals surface area contributed by atoms with E-state index in [0.717, 1.165) is 78.4 Å². The second-order valence-corrected chi connectivity index (χ2v) is 26.7. The van der Waals surface area contributed by atoms with Gasteiger partial charge in [-0.05, 0) is 152 Å². The van der Waals surface area contributed by atoms with E-state index in [0.29, 0.717) is 0 Å². The maximum absolute atomic E-state index is 7.61. The van der Waals surface area contributed by atoms with Crippen LogP contribution in [-0.4, -0.2) is 11.3 Å². The minimum Gasteiger partial charge on any atom is -0.468 e. The van der Waals surface area contributed by atoms with E-state index in [1.807, 2.05) is 0 Å². The van der Waals surface area contributed by atoms with Crippen molar-refractivity contribution in [2.75, 3.05) is 14.7 Å². The van der Waals surface area contributed by atoms with Gasteiger partial charge in [0, 0.05) is 61.4 Å². The molecule has 6 nitrogen and oxygen atoms in total. The first-order valence-corrected chi connectivity index (χ1v) is 28.2. The molecule has 0 amide bonds. The Morgan fingerprint density at radius 3 is 1.61 bits per heavy atom. The van der Waals surface area contributed by atoms with E-state index in [1.165, 1.54) is 72.0 Å². The molecule has 0 bridgehead atoms. The summed E-state index contributed by atoms with van der Waals surface area (Å²) < 4.78 is 17.0. The van der Waals surface area contributed by atoms with Gasteiger partial charge in [-0.1, -0.05) is 156 Å². The Hall–Kier alpha value is -8.42. The van der Waals surface area contributed by atoms with E-state index in [4.69, 9.17) is 8.83 Å². The molecule has 3 aliphatic rings. The fraction of sp³-hybridized carbons (Fsp3) is 0.222. The zero-order valence-electron chi connectivity index (χ0n) is 47.4. The van der Waals surface area contributed by atoms with Crippen LogP contribution in [0.3, 0.4) is 0 Å². The highest BCUT2D eigenvalue weighted by Gasteiger charge is 2.50. The van der Waals surface area contributed by atoms with Gasteiger partial charge < -0.3 is 28.1 Å². The van der Waals surface area contributed by atoms with Crippen LogP contribution in [0, 0.1) is 0 Å². The third kappa shape index (κ3) is 6.97. The van der Waals surface area contributed by atoms with E-state index in [-0.39, 0.29) is 28.4 Å². The highest BCUT2D eigenvalue weighted by molar-refractivity contribution is 7.00. The van der Waals surface area contributed by atoms with E-state index in [2.05, 4.69) is 278 Å². The van der Waals surface area contributed by atoms with Gasteiger partial charge in [-0.25, -0.2) is 0 Å². The van der Waals surface area contributed by atoms with Gasteiger partial charge in [-0.2, -0.15) is 0 Å². The molecule has 0 saturated carbocycles. The van der Waals surface area contributed by atoms with Crippen LogP contribution in [0.4, 0.5) is 51.2 Å². The summed E-state index contributed by atoms with van der Waals surface area (Å²) in [5.41, 5.74) is 24.1. The summed E-state index contributed by atoms with van der Waals surface area (Å²) in [6.07, 6.45) is 0. The van der Waals surface area contributed by atoms with E-state index in [1.54, 1.807) is 0 Å². The first-order valence-electron chi connectivity index (χ1n) is 28.2. The van der Waals surface area contributed by atoms with Crippen molar-refractivity contribution in [1.29, 1.82) is 0 Å². The number of anilines is 9. The lowest BCUT2D eigenvalue weighted by atomic mass is 9.35. The maximum atomic E-state index is 7.61. The first-order chi connectivity index (χ1) is 37.7. The van der Waals surface area contributed by atoms with Gasteiger partial charge in [0.25, 0.3) is 6.71 Å². The second-order valence-electron chi connectivity index (χ2n) is 26.7. The Labute approximate surface area is 463 Å². The van der Waals surface area contributed by atoms with Gasteiger partial charge in [-0.15, -0.1) is 0 Å². The largest absolute Gasteiger partial charge is 0.468 e. The standard InChI is InChI=1S/C72H65BN4O2/c1-69(2,3)42-27-31-56-52(33-42)53-35-44(71(7,8)9)37-59-65(53)76(56)60-38-45(72(10,11)12)36-55-67(60)77(59)58-40-49(74(46-21-15-13-16-22-46)47-23-17-14-18-24-47)39-57-64(58)73(55)68-66(54-34-43(70(4,5)6)28-32-62(54)79-68)75(57)48-29-30-51-50-25-19-20-26-61(50)78-63(51)41-48/h13-41H,1-12H3. The summed E-state index contributed by atoms with van der Waals surface area (Å²) >= 11 is 0. The zero-order chi connectivity index (χ0) is 54.4. The third-order valence-corrected chi connectivity index (χ3v) is 17.4. The highest BCUT2D eigenvalue weighted by Crippen LogP contribution is 2.56. The predicted molar refractivity (Wildman–Crippen MR) is 335 cm³/mol. The van der Waals surface area contributed by atoms with Crippen molar-refractivity contribution < 1.29 is 8.83 Å². The number of hydrogen-bond acceptors (Lipinski definition) is 5. The lowest BCUT2D eigenvalue weighted by Crippen LogP contribution is -2.61. The van der Waals surface area contributed by atoms with Crippen molar-refractivity contribution in [3.63, 3.8) is 0 Å². The molecule has 0 unspecified atom stereocenters. The molecule has 0 radical (unpaired) electrons. The van der Waals surface area contributed by atoms with Gasteiger partial charge >= 0.3 is 0 Å². The lowest BCUT2D eigenvalue weighted by Gasteiger charge is -2.46. The number of benzene rings is 9. The van der Waals surface area contributed by atoms with Crippen molar-refractivity contribution in [1.82, 2.24) is 4.57 Å². The summed E-state index contributed by atoms with van der Waals surface area (Å²) in [5.74, 6) is 0. The fourth-order valence-electron chi connectivity index (χ4n) is 13.2. The average Bonchev–Trinajstić information content (AvgIpc) is 2.70. The molecule has 0 spiro atoms. The van der Waals surface area contributed by atoms with Crippen molar-refractivity contribution in [3.05, 3.63) is 198 Å². The Morgan fingerprint density at radius 1 is 0.380 bits per heavy atom. The van der Waals surface area contributed by atoms with Gasteiger partial charge in [0.1, 0.15) is 16.7 Å². The van der Waals surface area contributed by atoms with E-state index >= 15 is 0 Å². The van der Waals surface area contributed by atoms with Crippen LogP contribution in [-0.2, 0) is 21.7 Å². The minimum absolute atomic E-state index is 0.0387. The van der Waals surface area contributed by atoms with Crippen molar-refractivity contribution >= 4 is 129 Å². The number of para-hydroxylation sites is 3. The number of furan rings is 2. The summed E-state index contributed by atoms with van der Waals surface area (Å²) in [4.78, 5) is 7.61. The quantitative estimate of drug-likeness (QED) is 0.164. The SMILES string of the molecule is CC(C)(C)c1cc2c3c(c1)-n1c4ccc(C(C)(C)C)cc4c4cc(C(C)(C)C)cc(c41)N3c1cc(N(c3ccccc3)c3ccccc3)cc3c1B2c1oc2ccc(C(C)(C)C)cc2c1N3c1ccc2c(c1)oc1ccccc12. The fourth-order valence-corrected chi connectivity index (χ4v) is 13.2. The summed E-state index contributed by atoms with van der Waals surface area (Å²) in [7, 11) is 0. The summed E-state index contributed by atoms with van der Waals surface area (Å²) in [5, 5.41) is 5.84.